The van der Waals surface area contributed by atoms with Crippen LogP contribution in [0.25, 0.3) is 22.2 Å². The van der Waals surface area contributed by atoms with Crippen LogP contribution in [0.5, 0.6) is 0 Å². The molecule has 1 aliphatic rings. The van der Waals surface area contributed by atoms with Gasteiger partial charge in [0, 0.05) is 24.5 Å². The maximum Gasteiger partial charge on any atom is 0.175 e. The zero-order valence-electron chi connectivity index (χ0n) is 14.6. The lowest BCUT2D eigenvalue weighted by atomic mass is 9.81. The first-order valence-corrected chi connectivity index (χ1v) is 8.79. The summed E-state index contributed by atoms with van der Waals surface area (Å²) in [5.41, 5.74) is 8.65. The number of anilines is 1. The summed E-state index contributed by atoms with van der Waals surface area (Å²) in [6.45, 7) is 4.46. The van der Waals surface area contributed by atoms with E-state index in [4.69, 9.17) is 10.3 Å². The highest BCUT2D eigenvalue weighted by Gasteiger charge is 2.30. The number of hydrogen-bond acceptors (Lipinski definition) is 4. The molecule has 5 nitrogen and oxygen atoms in total. The minimum absolute atomic E-state index is 0.381. The lowest BCUT2D eigenvalue weighted by molar-refractivity contribution is 0.0985. The normalized spacial score (nSPS) is 24.0. The molecule has 0 atom stereocenters. The van der Waals surface area contributed by atoms with Crippen molar-refractivity contribution < 1.29 is 8.91 Å². The summed E-state index contributed by atoms with van der Waals surface area (Å²) in [4.78, 5) is 4.55. The number of aryl methyl sites for hydroxylation is 1. The molecular formula is C19H23FN4O. The summed E-state index contributed by atoms with van der Waals surface area (Å²) in [7, 11) is 0. The molecule has 0 saturated heterocycles. The zero-order valence-corrected chi connectivity index (χ0v) is 14.6. The van der Waals surface area contributed by atoms with Crippen LogP contribution in [0.2, 0.25) is 0 Å². The molecule has 0 aromatic carbocycles. The standard InChI is InChI=1S/C19H23FN4O/c1-12-17(18(21)23-25-12)14-9-16-15(22-10-14)5-8-24(16)11-13-3-6-19(2,20)7-4-13/h5,8-10,13H,3-4,6-7,11H2,1-2H3,(H2,21,23). The van der Waals surface area contributed by atoms with Crippen LogP contribution in [0.1, 0.15) is 38.4 Å². The van der Waals surface area contributed by atoms with Crippen molar-refractivity contribution in [3.05, 3.63) is 30.3 Å². The third-order valence-electron chi connectivity index (χ3n) is 5.40. The Labute approximate surface area is 146 Å². The monoisotopic (exact) mass is 342 g/mol. The van der Waals surface area contributed by atoms with Crippen molar-refractivity contribution in [2.45, 2.75) is 51.7 Å². The van der Waals surface area contributed by atoms with E-state index in [1.165, 1.54) is 0 Å². The average molecular weight is 342 g/mol. The highest BCUT2D eigenvalue weighted by atomic mass is 19.1. The Hall–Kier alpha value is -2.37. The summed E-state index contributed by atoms with van der Waals surface area (Å²) in [6.07, 6.45) is 7.02. The quantitative estimate of drug-likeness (QED) is 0.761. The van der Waals surface area contributed by atoms with Crippen LogP contribution in [0.4, 0.5) is 10.2 Å². The average Bonchev–Trinajstić information content (AvgIpc) is 3.12. The predicted molar refractivity (Wildman–Crippen MR) is 95.9 cm³/mol. The van der Waals surface area contributed by atoms with Crippen molar-refractivity contribution >= 4 is 16.9 Å². The van der Waals surface area contributed by atoms with E-state index in [9.17, 15) is 4.39 Å². The third-order valence-corrected chi connectivity index (χ3v) is 5.40. The van der Waals surface area contributed by atoms with Gasteiger partial charge in [0.05, 0.1) is 16.6 Å². The summed E-state index contributed by atoms with van der Waals surface area (Å²) in [6, 6.07) is 4.10. The lowest BCUT2D eigenvalue weighted by Crippen LogP contribution is -2.27. The zero-order chi connectivity index (χ0) is 17.6. The van der Waals surface area contributed by atoms with E-state index in [1.54, 1.807) is 13.1 Å². The van der Waals surface area contributed by atoms with Crippen molar-refractivity contribution in [2.24, 2.45) is 5.92 Å². The minimum atomic E-state index is -0.993. The van der Waals surface area contributed by atoms with Crippen molar-refractivity contribution in [2.75, 3.05) is 5.73 Å². The Kier molecular flexibility index (Phi) is 3.78. The molecule has 3 aromatic heterocycles. The van der Waals surface area contributed by atoms with Crippen LogP contribution >= 0.6 is 0 Å². The number of rotatable bonds is 3. The highest BCUT2D eigenvalue weighted by Crippen LogP contribution is 2.36. The van der Waals surface area contributed by atoms with Crippen LogP contribution < -0.4 is 5.73 Å². The van der Waals surface area contributed by atoms with E-state index >= 15 is 0 Å². The second kappa shape index (κ2) is 5.86. The SMILES string of the molecule is Cc1onc(N)c1-c1cnc2ccn(CC3CCC(C)(F)CC3)c2c1. The van der Waals surface area contributed by atoms with Gasteiger partial charge in [-0.25, -0.2) is 4.39 Å². The Morgan fingerprint density at radius 2 is 2.16 bits per heavy atom. The number of nitrogens with two attached hydrogens (primary N) is 1. The van der Waals surface area contributed by atoms with Gasteiger partial charge in [-0.3, -0.25) is 4.98 Å². The number of nitrogens with zero attached hydrogens (tertiary/aromatic N) is 3. The van der Waals surface area contributed by atoms with Crippen molar-refractivity contribution in [3.8, 4) is 11.1 Å². The molecule has 0 unspecified atom stereocenters. The second-order valence-electron chi connectivity index (χ2n) is 7.45. The maximum atomic E-state index is 14.0. The van der Waals surface area contributed by atoms with Gasteiger partial charge in [0.15, 0.2) is 5.82 Å². The van der Waals surface area contributed by atoms with E-state index in [2.05, 4.69) is 27.0 Å². The van der Waals surface area contributed by atoms with Crippen LogP contribution in [-0.4, -0.2) is 20.4 Å². The van der Waals surface area contributed by atoms with E-state index < -0.39 is 5.67 Å². The number of pyridine rings is 1. The van der Waals surface area contributed by atoms with Gasteiger partial charge in [0.1, 0.15) is 11.4 Å². The molecule has 0 radical (unpaired) electrons. The molecule has 132 valence electrons. The molecule has 0 spiro atoms. The van der Waals surface area contributed by atoms with Gasteiger partial charge < -0.3 is 14.8 Å². The summed E-state index contributed by atoms with van der Waals surface area (Å²) >= 11 is 0. The van der Waals surface area contributed by atoms with Gasteiger partial charge in [0.25, 0.3) is 0 Å². The summed E-state index contributed by atoms with van der Waals surface area (Å²) < 4.78 is 21.4. The van der Waals surface area contributed by atoms with Crippen molar-refractivity contribution in [3.63, 3.8) is 0 Å². The molecule has 3 aromatic rings. The molecule has 2 N–H and O–H groups in total. The van der Waals surface area contributed by atoms with Gasteiger partial charge in [-0.1, -0.05) is 5.16 Å². The second-order valence-corrected chi connectivity index (χ2v) is 7.45. The summed E-state index contributed by atoms with van der Waals surface area (Å²) in [5.74, 6) is 1.57. The van der Waals surface area contributed by atoms with Gasteiger partial charge >= 0.3 is 0 Å². The molecule has 6 heteroatoms. The van der Waals surface area contributed by atoms with Crippen LogP contribution in [0, 0.1) is 12.8 Å². The van der Waals surface area contributed by atoms with Crippen molar-refractivity contribution in [1.82, 2.24) is 14.7 Å². The topological polar surface area (TPSA) is 69.9 Å². The van der Waals surface area contributed by atoms with Gasteiger partial charge in [0.2, 0.25) is 0 Å². The van der Waals surface area contributed by atoms with Gasteiger partial charge in [-0.2, -0.15) is 0 Å². The molecule has 4 rings (SSSR count). The number of aromatic nitrogens is 3. The molecule has 0 bridgehead atoms. The molecule has 0 aliphatic heterocycles. The summed E-state index contributed by atoms with van der Waals surface area (Å²) in [5, 5.41) is 3.82. The van der Waals surface area contributed by atoms with Crippen LogP contribution in [-0.2, 0) is 6.54 Å². The first-order chi connectivity index (χ1) is 11.9. The van der Waals surface area contributed by atoms with E-state index in [0.29, 0.717) is 30.3 Å². The number of halogens is 1. The predicted octanol–water partition coefficient (Wildman–Crippen LogP) is 4.50. The molecule has 1 saturated carbocycles. The fourth-order valence-corrected chi connectivity index (χ4v) is 3.84. The molecule has 0 amide bonds. The maximum absolute atomic E-state index is 14.0. The Bertz CT molecular complexity index is 882. The number of nitrogen functional groups attached to an aromatic ring is 1. The van der Waals surface area contributed by atoms with E-state index in [1.807, 2.05) is 13.0 Å². The van der Waals surface area contributed by atoms with Gasteiger partial charge in [-0.15, -0.1) is 0 Å². The largest absolute Gasteiger partial charge is 0.380 e. The number of fused-ring (bicyclic) bond motifs is 1. The molecular weight excluding hydrogens is 319 g/mol. The number of hydrogen-bond donors (Lipinski definition) is 1. The molecule has 3 heterocycles. The minimum Gasteiger partial charge on any atom is -0.380 e. The van der Waals surface area contributed by atoms with Gasteiger partial charge in [-0.05, 0) is 57.6 Å². The lowest BCUT2D eigenvalue weighted by Gasteiger charge is -2.31. The van der Waals surface area contributed by atoms with E-state index in [0.717, 1.165) is 41.5 Å². The first-order valence-electron chi connectivity index (χ1n) is 8.79. The smallest absolute Gasteiger partial charge is 0.175 e. The van der Waals surface area contributed by atoms with Crippen molar-refractivity contribution in [1.29, 1.82) is 0 Å². The third kappa shape index (κ3) is 3.01. The fraction of sp³-hybridized carbons (Fsp3) is 0.474. The Balaban J connectivity index is 1.63. The fourth-order valence-electron chi connectivity index (χ4n) is 3.84. The van der Waals surface area contributed by atoms with E-state index in [-0.39, 0.29) is 0 Å². The molecule has 1 aliphatic carbocycles. The van der Waals surface area contributed by atoms with Crippen LogP contribution in [0.3, 0.4) is 0 Å². The number of alkyl halides is 1. The molecule has 25 heavy (non-hydrogen) atoms. The Morgan fingerprint density at radius 3 is 2.84 bits per heavy atom. The highest BCUT2D eigenvalue weighted by molar-refractivity contribution is 5.84. The van der Waals surface area contributed by atoms with Crippen LogP contribution in [0.15, 0.2) is 29.0 Å². The Morgan fingerprint density at radius 1 is 1.40 bits per heavy atom. The first kappa shape index (κ1) is 16.1. The molecule has 1 fully saturated rings.